The number of rotatable bonds is 6. The Morgan fingerprint density at radius 1 is 1.07 bits per heavy atom. The highest BCUT2D eigenvalue weighted by atomic mass is 31.1. The summed E-state index contributed by atoms with van der Waals surface area (Å²) in [6, 6.07) is 8.70. The first-order valence-electron chi connectivity index (χ1n) is 5.86. The van der Waals surface area contributed by atoms with E-state index >= 15 is 0 Å². The van der Waals surface area contributed by atoms with Crippen molar-refractivity contribution < 1.29 is 0 Å². The molecule has 0 fully saturated rings. The van der Waals surface area contributed by atoms with Gasteiger partial charge in [0.1, 0.15) is 0 Å². The van der Waals surface area contributed by atoms with E-state index in [-0.39, 0.29) is 7.92 Å². The molecule has 2 heteroatoms. The zero-order valence-corrected chi connectivity index (χ0v) is 10.8. The minimum Gasteiger partial charge on any atom is -0.326 e. The summed E-state index contributed by atoms with van der Waals surface area (Å²) in [6.07, 6.45) is 5.26. The van der Waals surface area contributed by atoms with Gasteiger partial charge in [0.25, 0.3) is 0 Å². The Labute approximate surface area is 94.8 Å². The van der Waals surface area contributed by atoms with Crippen LogP contribution in [0.4, 0.5) is 0 Å². The lowest BCUT2D eigenvalue weighted by atomic mass is 10.2. The largest absolute Gasteiger partial charge is 0.326 e. The number of benzene rings is 1. The maximum atomic E-state index is 5.79. The number of nitrogens with two attached hydrogens (primary N) is 1. The van der Waals surface area contributed by atoms with E-state index in [0.29, 0.717) is 6.54 Å². The molecule has 0 bridgehead atoms. The number of hydrogen-bond donors (Lipinski definition) is 1. The fraction of sp³-hybridized carbons (Fsp3) is 0.538. The van der Waals surface area contributed by atoms with E-state index in [1.54, 1.807) is 5.30 Å². The van der Waals surface area contributed by atoms with Crippen molar-refractivity contribution in [3.8, 4) is 0 Å². The lowest BCUT2D eigenvalue weighted by Gasteiger charge is -2.19. The van der Waals surface area contributed by atoms with Crippen molar-refractivity contribution in [1.82, 2.24) is 0 Å². The Morgan fingerprint density at radius 2 is 1.67 bits per heavy atom. The summed E-state index contributed by atoms with van der Waals surface area (Å²) < 4.78 is 0. The van der Waals surface area contributed by atoms with Gasteiger partial charge in [-0.15, -0.1) is 0 Å². The molecule has 0 heterocycles. The Hall–Kier alpha value is -0.390. The van der Waals surface area contributed by atoms with Gasteiger partial charge >= 0.3 is 0 Å². The normalized spacial score (nSPS) is 10.9. The van der Waals surface area contributed by atoms with E-state index in [1.165, 1.54) is 30.7 Å². The first kappa shape index (κ1) is 12.7. The third-order valence-corrected chi connectivity index (χ3v) is 5.63. The lowest BCUT2D eigenvalue weighted by molar-refractivity contribution is 1.05. The monoisotopic (exact) mass is 223 g/mol. The second-order valence-electron chi connectivity index (χ2n) is 3.82. The minimum absolute atomic E-state index is 0.0374. The van der Waals surface area contributed by atoms with Crippen LogP contribution in [0.5, 0.6) is 0 Å². The quantitative estimate of drug-likeness (QED) is 0.737. The van der Waals surface area contributed by atoms with Gasteiger partial charge in [-0.3, -0.25) is 0 Å². The molecule has 0 saturated carbocycles. The van der Waals surface area contributed by atoms with E-state index in [9.17, 15) is 0 Å². The third kappa shape index (κ3) is 3.59. The van der Waals surface area contributed by atoms with E-state index in [4.69, 9.17) is 5.73 Å². The highest BCUT2D eigenvalue weighted by Gasteiger charge is 2.11. The van der Waals surface area contributed by atoms with Crippen LogP contribution in [-0.2, 0) is 6.54 Å². The van der Waals surface area contributed by atoms with Gasteiger partial charge in [-0.25, -0.2) is 0 Å². The second-order valence-corrected chi connectivity index (χ2v) is 6.28. The molecule has 84 valence electrons. The van der Waals surface area contributed by atoms with E-state index in [1.807, 2.05) is 0 Å². The molecule has 0 atom stereocenters. The van der Waals surface area contributed by atoms with Crippen molar-refractivity contribution in [3.63, 3.8) is 0 Å². The SMILES string of the molecule is CCCP(CCC)c1ccccc1CN. The van der Waals surface area contributed by atoms with Crippen molar-refractivity contribution in [1.29, 1.82) is 0 Å². The Balaban J connectivity index is 2.88. The molecule has 1 aromatic carbocycles. The average Bonchev–Trinajstić information content (AvgIpc) is 2.29. The summed E-state index contributed by atoms with van der Waals surface area (Å²) in [4.78, 5) is 0. The van der Waals surface area contributed by atoms with E-state index < -0.39 is 0 Å². The molecule has 0 spiro atoms. The van der Waals surface area contributed by atoms with E-state index in [0.717, 1.165) is 0 Å². The van der Waals surface area contributed by atoms with Gasteiger partial charge in [0.05, 0.1) is 0 Å². The molecule has 1 nitrogen and oxygen atoms in total. The molecule has 0 radical (unpaired) electrons. The van der Waals surface area contributed by atoms with Gasteiger partial charge in [0.2, 0.25) is 0 Å². The van der Waals surface area contributed by atoms with Crippen molar-refractivity contribution in [2.45, 2.75) is 33.2 Å². The van der Waals surface area contributed by atoms with Gasteiger partial charge in [-0.05, 0) is 23.2 Å². The zero-order chi connectivity index (χ0) is 11.1. The van der Waals surface area contributed by atoms with Gasteiger partial charge in [0, 0.05) is 6.54 Å². The summed E-state index contributed by atoms with van der Waals surface area (Å²) in [5, 5.41) is 1.54. The Bertz CT molecular complexity index is 280. The van der Waals surface area contributed by atoms with Crippen LogP contribution in [0.3, 0.4) is 0 Å². The van der Waals surface area contributed by atoms with Crippen LogP contribution in [0.25, 0.3) is 0 Å². The van der Waals surface area contributed by atoms with E-state index in [2.05, 4.69) is 38.1 Å². The minimum atomic E-state index is 0.0374. The fourth-order valence-corrected chi connectivity index (χ4v) is 4.54. The summed E-state index contributed by atoms with van der Waals surface area (Å²) >= 11 is 0. The molecule has 0 aromatic heterocycles. The van der Waals surface area contributed by atoms with Gasteiger partial charge in [-0.1, -0.05) is 58.9 Å². The topological polar surface area (TPSA) is 26.0 Å². The molecule has 0 saturated heterocycles. The Morgan fingerprint density at radius 3 is 2.20 bits per heavy atom. The van der Waals surface area contributed by atoms with Crippen LogP contribution in [0.15, 0.2) is 24.3 Å². The van der Waals surface area contributed by atoms with Crippen molar-refractivity contribution >= 4 is 13.2 Å². The molecule has 0 unspecified atom stereocenters. The van der Waals surface area contributed by atoms with Crippen LogP contribution in [0, 0.1) is 0 Å². The van der Waals surface area contributed by atoms with Crippen LogP contribution >= 0.6 is 7.92 Å². The van der Waals surface area contributed by atoms with Crippen molar-refractivity contribution in [2.24, 2.45) is 5.73 Å². The highest BCUT2D eigenvalue weighted by Crippen LogP contribution is 2.36. The first-order chi connectivity index (χ1) is 7.33. The van der Waals surface area contributed by atoms with Gasteiger partial charge in [-0.2, -0.15) is 0 Å². The summed E-state index contributed by atoms with van der Waals surface area (Å²) in [5.41, 5.74) is 7.14. The second kappa shape index (κ2) is 6.98. The van der Waals surface area contributed by atoms with Crippen LogP contribution in [0.2, 0.25) is 0 Å². The van der Waals surface area contributed by atoms with Gasteiger partial charge < -0.3 is 5.73 Å². The first-order valence-corrected chi connectivity index (χ1v) is 7.57. The molecule has 0 aliphatic carbocycles. The molecule has 15 heavy (non-hydrogen) atoms. The molecular formula is C13H22NP. The average molecular weight is 223 g/mol. The maximum absolute atomic E-state index is 5.79. The molecule has 1 rings (SSSR count). The predicted octanol–water partition coefficient (Wildman–Crippen LogP) is 3.07. The smallest absolute Gasteiger partial charge is 0.0184 e. The summed E-state index contributed by atoms with van der Waals surface area (Å²) in [7, 11) is 0.0374. The highest BCUT2D eigenvalue weighted by molar-refractivity contribution is 7.65. The molecule has 1 aromatic rings. The molecular weight excluding hydrogens is 201 g/mol. The lowest BCUT2D eigenvalue weighted by Crippen LogP contribution is -2.14. The molecule has 0 aliphatic rings. The summed E-state index contributed by atoms with van der Waals surface area (Å²) in [5.74, 6) is 0. The third-order valence-electron chi connectivity index (χ3n) is 2.54. The van der Waals surface area contributed by atoms with Gasteiger partial charge in [0.15, 0.2) is 0 Å². The fourth-order valence-electron chi connectivity index (χ4n) is 1.88. The molecule has 0 aliphatic heterocycles. The number of hydrogen-bond acceptors (Lipinski definition) is 1. The summed E-state index contributed by atoms with van der Waals surface area (Å²) in [6.45, 7) is 5.23. The van der Waals surface area contributed by atoms with Crippen LogP contribution in [0.1, 0.15) is 32.3 Å². The standard InChI is InChI=1S/C13H22NP/c1-3-9-15(10-4-2)13-8-6-5-7-12(13)11-14/h5-8H,3-4,9-11,14H2,1-2H3. The zero-order valence-electron chi connectivity index (χ0n) is 9.87. The van der Waals surface area contributed by atoms with Crippen LogP contribution < -0.4 is 11.0 Å². The molecule has 0 amide bonds. The van der Waals surface area contributed by atoms with Crippen molar-refractivity contribution in [3.05, 3.63) is 29.8 Å². The maximum Gasteiger partial charge on any atom is 0.0184 e. The Kier molecular flexibility index (Phi) is 5.90. The van der Waals surface area contributed by atoms with Crippen molar-refractivity contribution in [2.75, 3.05) is 12.3 Å². The van der Waals surface area contributed by atoms with Crippen LogP contribution in [-0.4, -0.2) is 12.3 Å². The predicted molar refractivity (Wildman–Crippen MR) is 71.2 cm³/mol. The molecule has 2 N–H and O–H groups in total.